The van der Waals surface area contributed by atoms with Crippen LogP contribution in [0.25, 0.3) is 0 Å². The third-order valence-electron chi connectivity index (χ3n) is 0. The normalized spacial score (nSPS) is 7.88. The van der Waals surface area contributed by atoms with Gasteiger partial charge < -0.3 is 0 Å². The van der Waals surface area contributed by atoms with Crippen molar-refractivity contribution in [3.05, 3.63) is 6.92 Å². The molecule has 0 aromatic carbocycles. The van der Waals surface area contributed by atoms with Crippen LogP contribution in [0.15, 0.2) is 0 Å². The second-order valence-electron chi connectivity index (χ2n) is 1.61. The summed E-state index contributed by atoms with van der Waals surface area (Å²) in [6, 6.07) is 0. The van der Waals surface area contributed by atoms with Crippen molar-refractivity contribution in [2.75, 3.05) is 0 Å². The molecule has 0 amide bonds. The summed E-state index contributed by atoms with van der Waals surface area (Å²) in [5, 5.41) is 0. The summed E-state index contributed by atoms with van der Waals surface area (Å²) in [5.74, 6) is 0.583. The summed E-state index contributed by atoms with van der Waals surface area (Å²) < 4.78 is 0. The molecule has 50 valence electrons. The monoisotopic (exact) mass is 342 g/mol. The van der Waals surface area contributed by atoms with E-state index in [-0.39, 0.29) is 0 Å². The van der Waals surface area contributed by atoms with Crippen LogP contribution in [0, 0.1) is 12.8 Å². The summed E-state index contributed by atoms with van der Waals surface area (Å²) >= 11 is 8.92. The van der Waals surface area contributed by atoms with Crippen LogP contribution >= 0.6 is 39.5 Å². The number of rotatable bonds is 0. The zero-order valence-electron chi connectivity index (χ0n) is 4.92. The minimum Gasteiger partial charge on any atom is -0.0628 e. The van der Waals surface area contributed by atoms with Crippen molar-refractivity contribution >= 4 is 39.5 Å². The SMILES string of the molecule is [Br][Ti]([Br])[Br].[CH2]C(C)C. The van der Waals surface area contributed by atoms with Crippen molar-refractivity contribution in [1.29, 1.82) is 0 Å². The molecule has 0 unspecified atom stereocenters. The van der Waals surface area contributed by atoms with Crippen molar-refractivity contribution in [1.82, 2.24) is 0 Å². The van der Waals surface area contributed by atoms with Crippen LogP contribution < -0.4 is 0 Å². The van der Waals surface area contributed by atoms with E-state index in [0.29, 0.717) is 5.92 Å². The minimum atomic E-state index is -0.896. The van der Waals surface area contributed by atoms with E-state index in [0.717, 1.165) is 0 Å². The predicted octanol–water partition coefficient (Wildman–Crippen LogP) is 4.01. The Labute approximate surface area is 76.8 Å². The molecule has 4 heteroatoms. The van der Waals surface area contributed by atoms with Crippen LogP contribution in [0.1, 0.15) is 13.8 Å². The van der Waals surface area contributed by atoms with E-state index in [2.05, 4.69) is 60.3 Å². The van der Waals surface area contributed by atoms with Gasteiger partial charge in [-0.15, -0.1) is 0 Å². The molecule has 0 aliphatic rings. The fraction of sp³-hybridized carbons (Fsp3) is 0.750. The molecule has 0 nitrogen and oxygen atoms in total. The maximum atomic E-state index is 3.64. The first-order chi connectivity index (χ1) is 3.46. The van der Waals surface area contributed by atoms with Crippen molar-refractivity contribution in [2.24, 2.45) is 5.92 Å². The smallest absolute Gasteiger partial charge is 0.0471 e. The third kappa shape index (κ3) is 89.9. The summed E-state index contributed by atoms with van der Waals surface area (Å²) in [6.45, 7) is 7.75. The van der Waals surface area contributed by atoms with Crippen molar-refractivity contribution in [2.45, 2.75) is 13.8 Å². The Morgan fingerprint density at radius 3 is 1.25 bits per heavy atom. The van der Waals surface area contributed by atoms with E-state index in [4.69, 9.17) is 0 Å². The Balaban J connectivity index is 0. The largest absolute Gasteiger partial charge is 0.0628 e. The molecule has 0 bridgehead atoms. The molecule has 8 heavy (non-hydrogen) atoms. The zero-order valence-corrected chi connectivity index (χ0v) is 11.2. The molecule has 0 N–H and O–H groups in total. The predicted molar refractivity (Wildman–Crippen MR) is 47.0 cm³/mol. The molecule has 0 heterocycles. The van der Waals surface area contributed by atoms with E-state index in [1.165, 1.54) is 0 Å². The van der Waals surface area contributed by atoms with Gasteiger partial charge in [0.25, 0.3) is 0 Å². The number of halogens is 3. The third-order valence-corrected chi connectivity index (χ3v) is 0. The molecule has 0 fully saturated rings. The molecular formula is C4H9Br3Ti. The topological polar surface area (TPSA) is 0 Å². The van der Waals surface area contributed by atoms with E-state index in [1.807, 2.05) is 0 Å². The Morgan fingerprint density at radius 1 is 1.25 bits per heavy atom. The van der Waals surface area contributed by atoms with Crippen LogP contribution in [-0.4, -0.2) is 0 Å². The molecule has 0 spiro atoms. The quantitative estimate of drug-likeness (QED) is 0.582. The van der Waals surface area contributed by atoms with Gasteiger partial charge in [0.15, 0.2) is 0 Å². The summed E-state index contributed by atoms with van der Waals surface area (Å²) in [5.41, 5.74) is 0. The molecule has 1 radical (unpaired) electrons. The molecule has 0 aliphatic carbocycles. The Hall–Kier alpha value is 2.15. The van der Waals surface area contributed by atoms with E-state index in [9.17, 15) is 0 Å². The first-order valence-corrected chi connectivity index (χ1v) is 13.7. The van der Waals surface area contributed by atoms with Gasteiger partial charge >= 0.3 is 51.1 Å². The Kier molecular flexibility index (Phi) is 14.6. The van der Waals surface area contributed by atoms with Gasteiger partial charge in [-0.2, -0.15) is 0 Å². The van der Waals surface area contributed by atoms with Gasteiger partial charge in [0.2, 0.25) is 0 Å². The Morgan fingerprint density at radius 2 is 1.25 bits per heavy atom. The molecule has 0 aromatic rings. The molecule has 0 aliphatic heterocycles. The van der Waals surface area contributed by atoms with Crippen LogP contribution in [0.3, 0.4) is 0 Å². The van der Waals surface area contributed by atoms with Gasteiger partial charge in [0.1, 0.15) is 0 Å². The fourth-order valence-corrected chi connectivity index (χ4v) is 0. The van der Waals surface area contributed by atoms with Crippen LogP contribution in [0.5, 0.6) is 0 Å². The summed E-state index contributed by atoms with van der Waals surface area (Å²) in [4.78, 5) is 0. The fourth-order valence-electron chi connectivity index (χ4n) is 0. The molecule has 0 atom stereocenters. The zero-order chi connectivity index (χ0) is 7.15. The van der Waals surface area contributed by atoms with Gasteiger partial charge in [-0.3, -0.25) is 0 Å². The second-order valence-corrected chi connectivity index (χ2v) is 25.2. The van der Waals surface area contributed by atoms with E-state index in [1.54, 1.807) is 0 Å². The standard InChI is InChI=1S/C4H9.3BrH.Ti/c1-4(2)3;;;;/h4H,1H2,2-3H3;3*1H;/q;;;;+3/p-3. The van der Waals surface area contributed by atoms with Gasteiger partial charge in [0.05, 0.1) is 0 Å². The second kappa shape index (κ2) is 9.15. The molecule has 0 saturated heterocycles. The van der Waals surface area contributed by atoms with E-state index >= 15 is 0 Å². The molecule has 0 rings (SSSR count). The average Bonchev–Trinajstić information content (AvgIpc) is 1.25. The maximum Gasteiger partial charge on any atom is -0.0471 e. The Bertz CT molecular complexity index is 26.8. The van der Waals surface area contributed by atoms with Gasteiger partial charge in [-0.25, -0.2) is 0 Å². The first-order valence-electron chi connectivity index (χ1n) is 2.13. The number of hydrogen-bond donors (Lipinski definition) is 0. The van der Waals surface area contributed by atoms with Gasteiger partial charge in [-0.05, 0) is 5.92 Å². The molecular weight excluding hydrogens is 336 g/mol. The van der Waals surface area contributed by atoms with Crippen LogP contribution in [0.4, 0.5) is 0 Å². The summed E-state index contributed by atoms with van der Waals surface area (Å²) in [7, 11) is 0. The van der Waals surface area contributed by atoms with Gasteiger partial charge in [0, 0.05) is 0 Å². The van der Waals surface area contributed by atoms with Gasteiger partial charge in [-0.1, -0.05) is 20.8 Å². The molecule has 0 saturated carbocycles. The average molecular weight is 345 g/mol. The van der Waals surface area contributed by atoms with E-state index < -0.39 is 11.6 Å². The minimum absolute atomic E-state index is 0.583. The van der Waals surface area contributed by atoms with Crippen LogP contribution in [0.2, 0.25) is 0 Å². The first kappa shape index (κ1) is 12.8. The van der Waals surface area contributed by atoms with Crippen LogP contribution in [-0.2, 0) is 11.6 Å². The van der Waals surface area contributed by atoms with Crippen molar-refractivity contribution in [3.63, 3.8) is 0 Å². The number of hydrogen-bond acceptors (Lipinski definition) is 0. The molecule has 0 aromatic heterocycles. The van der Waals surface area contributed by atoms with Crippen molar-refractivity contribution < 1.29 is 11.6 Å². The van der Waals surface area contributed by atoms with Crippen molar-refractivity contribution in [3.8, 4) is 0 Å². The maximum absolute atomic E-state index is 3.64. The summed E-state index contributed by atoms with van der Waals surface area (Å²) in [6.07, 6.45) is 0.